The average Bonchev–Trinajstić information content (AvgIpc) is 3.41. The molecule has 4 rings (SSSR count). The van der Waals surface area contributed by atoms with Gasteiger partial charge in [-0.3, -0.25) is 9.78 Å². The number of nitrogen functional groups attached to an aromatic ring is 1. The van der Waals surface area contributed by atoms with Gasteiger partial charge in [-0.05, 0) is 43.2 Å². The lowest BCUT2D eigenvalue weighted by Gasteiger charge is -2.17. The molecule has 0 aromatic carbocycles. The van der Waals surface area contributed by atoms with Crippen molar-refractivity contribution in [1.82, 2.24) is 24.4 Å². The lowest BCUT2D eigenvalue weighted by Crippen LogP contribution is -2.29. The van der Waals surface area contributed by atoms with Gasteiger partial charge in [0.2, 0.25) is 5.91 Å². The van der Waals surface area contributed by atoms with Crippen molar-refractivity contribution in [1.29, 1.82) is 0 Å². The van der Waals surface area contributed by atoms with E-state index in [0.717, 1.165) is 54.3 Å². The first kappa shape index (κ1) is 20.1. The summed E-state index contributed by atoms with van der Waals surface area (Å²) in [4.78, 5) is 28.0. The van der Waals surface area contributed by atoms with Crippen LogP contribution in [0.15, 0.2) is 42.9 Å². The predicted molar refractivity (Wildman–Crippen MR) is 117 cm³/mol. The normalized spacial score (nSPS) is 16.2. The van der Waals surface area contributed by atoms with Crippen LogP contribution in [0.2, 0.25) is 0 Å². The SMILES string of the molecule is CCc1nccn1CCC(=O)N1CCC(c2cc(-c3ccc(N)nc3)cc(C)n2)C1. The summed E-state index contributed by atoms with van der Waals surface area (Å²) >= 11 is 0. The van der Waals surface area contributed by atoms with E-state index in [1.807, 2.05) is 30.2 Å². The van der Waals surface area contributed by atoms with E-state index in [0.29, 0.717) is 18.8 Å². The number of aryl methyl sites for hydroxylation is 3. The summed E-state index contributed by atoms with van der Waals surface area (Å²) in [7, 11) is 0. The molecule has 1 fully saturated rings. The standard InChI is InChI=1S/C23H28N6O/c1-3-22-25-8-11-28(22)10-7-23(30)29-9-6-18(15-29)20-13-19(12-16(2)27-20)17-4-5-21(24)26-14-17/h4-5,8,11-14,18H,3,6-7,9-10,15H2,1-2H3,(H2,24,26). The van der Waals surface area contributed by atoms with Gasteiger partial charge in [-0.25, -0.2) is 9.97 Å². The van der Waals surface area contributed by atoms with Gasteiger partial charge in [0.1, 0.15) is 11.6 Å². The van der Waals surface area contributed by atoms with E-state index in [1.54, 1.807) is 12.4 Å². The predicted octanol–water partition coefficient (Wildman–Crippen LogP) is 3.20. The molecule has 0 saturated carbocycles. The van der Waals surface area contributed by atoms with Crippen molar-refractivity contribution in [2.45, 2.75) is 45.6 Å². The van der Waals surface area contributed by atoms with Crippen molar-refractivity contribution in [3.05, 3.63) is 60.1 Å². The van der Waals surface area contributed by atoms with Gasteiger partial charge >= 0.3 is 0 Å². The molecular formula is C23H28N6O. The number of carbonyl (C=O) groups is 1. The van der Waals surface area contributed by atoms with Crippen LogP contribution >= 0.6 is 0 Å². The lowest BCUT2D eigenvalue weighted by atomic mass is 9.99. The minimum absolute atomic E-state index is 0.198. The van der Waals surface area contributed by atoms with Crippen LogP contribution in [-0.4, -0.2) is 43.4 Å². The van der Waals surface area contributed by atoms with Crippen LogP contribution in [0, 0.1) is 6.92 Å². The monoisotopic (exact) mass is 404 g/mol. The van der Waals surface area contributed by atoms with Crippen molar-refractivity contribution >= 4 is 11.7 Å². The summed E-state index contributed by atoms with van der Waals surface area (Å²) in [5.74, 6) is 1.99. The van der Waals surface area contributed by atoms with E-state index >= 15 is 0 Å². The third-order valence-corrected chi connectivity index (χ3v) is 5.74. The topological polar surface area (TPSA) is 89.9 Å². The minimum atomic E-state index is 0.198. The number of carbonyl (C=O) groups excluding carboxylic acids is 1. The summed E-state index contributed by atoms with van der Waals surface area (Å²) in [6.45, 7) is 6.27. The summed E-state index contributed by atoms with van der Waals surface area (Å²) in [5, 5.41) is 0. The minimum Gasteiger partial charge on any atom is -0.384 e. The molecule has 1 unspecified atom stereocenters. The Morgan fingerprint density at radius 3 is 2.87 bits per heavy atom. The molecule has 1 aliphatic rings. The first-order valence-electron chi connectivity index (χ1n) is 10.5. The largest absolute Gasteiger partial charge is 0.384 e. The zero-order valence-corrected chi connectivity index (χ0v) is 17.6. The van der Waals surface area contributed by atoms with Crippen LogP contribution in [-0.2, 0) is 17.8 Å². The van der Waals surface area contributed by atoms with Crippen LogP contribution < -0.4 is 5.73 Å². The number of hydrogen-bond acceptors (Lipinski definition) is 5. The number of aromatic nitrogens is 4. The van der Waals surface area contributed by atoms with E-state index in [1.165, 1.54) is 0 Å². The van der Waals surface area contributed by atoms with Crippen molar-refractivity contribution in [3.8, 4) is 11.1 Å². The molecule has 0 radical (unpaired) electrons. The second-order valence-electron chi connectivity index (χ2n) is 7.86. The molecule has 3 aromatic heterocycles. The van der Waals surface area contributed by atoms with Crippen LogP contribution in [0.5, 0.6) is 0 Å². The van der Waals surface area contributed by atoms with E-state index in [4.69, 9.17) is 10.7 Å². The molecule has 1 atom stereocenters. The maximum atomic E-state index is 12.8. The molecule has 0 bridgehead atoms. The highest BCUT2D eigenvalue weighted by Gasteiger charge is 2.28. The molecule has 7 heteroatoms. The Labute approximate surface area is 177 Å². The number of anilines is 1. The van der Waals surface area contributed by atoms with E-state index in [9.17, 15) is 4.79 Å². The van der Waals surface area contributed by atoms with Crippen molar-refractivity contribution < 1.29 is 4.79 Å². The maximum Gasteiger partial charge on any atom is 0.224 e. The van der Waals surface area contributed by atoms with Crippen LogP contribution in [0.25, 0.3) is 11.1 Å². The fraction of sp³-hybridized carbons (Fsp3) is 0.391. The summed E-state index contributed by atoms with van der Waals surface area (Å²) in [6.07, 6.45) is 7.85. The molecule has 7 nitrogen and oxygen atoms in total. The lowest BCUT2D eigenvalue weighted by molar-refractivity contribution is -0.130. The van der Waals surface area contributed by atoms with Gasteiger partial charge in [-0.15, -0.1) is 0 Å². The summed E-state index contributed by atoms with van der Waals surface area (Å²) in [6, 6.07) is 7.97. The number of hydrogen-bond donors (Lipinski definition) is 1. The Bertz CT molecular complexity index is 1030. The smallest absolute Gasteiger partial charge is 0.224 e. The highest BCUT2D eigenvalue weighted by molar-refractivity contribution is 5.76. The molecule has 2 N–H and O–H groups in total. The molecule has 1 saturated heterocycles. The third kappa shape index (κ3) is 4.35. The number of nitrogens with zero attached hydrogens (tertiary/aromatic N) is 5. The van der Waals surface area contributed by atoms with Crippen LogP contribution in [0.4, 0.5) is 5.82 Å². The Morgan fingerprint density at radius 2 is 2.10 bits per heavy atom. The van der Waals surface area contributed by atoms with Gasteiger partial charge in [0.05, 0.1) is 0 Å². The number of imidazole rings is 1. The number of pyridine rings is 2. The molecule has 1 amide bonds. The van der Waals surface area contributed by atoms with Gasteiger partial charge < -0.3 is 15.2 Å². The van der Waals surface area contributed by atoms with Crippen molar-refractivity contribution in [3.63, 3.8) is 0 Å². The van der Waals surface area contributed by atoms with Gasteiger partial charge in [-0.1, -0.05) is 6.92 Å². The quantitative estimate of drug-likeness (QED) is 0.681. The molecule has 4 heterocycles. The number of likely N-dealkylation sites (tertiary alicyclic amines) is 1. The van der Waals surface area contributed by atoms with E-state index in [-0.39, 0.29) is 11.8 Å². The highest BCUT2D eigenvalue weighted by Crippen LogP contribution is 2.30. The van der Waals surface area contributed by atoms with Gasteiger partial charge in [0.15, 0.2) is 0 Å². The van der Waals surface area contributed by atoms with Gasteiger partial charge in [0.25, 0.3) is 0 Å². The number of amides is 1. The van der Waals surface area contributed by atoms with Gasteiger partial charge in [-0.2, -0.15) is 0 Å². The van der Waals surface area contributed by atoms with Crippen LogP contribution in [0.3, 0.4) is 0 Å². The third-order valence-electron chi connectivity index (χ3n) is 5.74. The first-order chi connectivity index (χ1) is 14.5. The van der Waals surface area contributed by atoms with E-state index in [2.05, 4.69) is 33.6 Å². The molecule has 1 aliphatic heterocycles. The Kier molecular flexibility index (Phi) is 5.79. The Balaban J connectivity index is 1.42. The Morgan fingerprint density at radius 1 is 1.23 bits per heavy atom. The number of nitrogens with two attached hydrogens (primary N) is 1. The Hall–Kier alpha value is -3.22. The van der Waals surface area contributed by atoms with Crippen molar-refractivity contribution in [2.75, 3.05) is 18.8 Å². The number of rotatable bonds is 6. The molecule has 156 valence electrons. The second kappa shape index (κ2) is 8.65. The zero-order valence-electron chi connectivity index (χ0n) is 17.6. The molecule has 0 spiro atoms. The first-order valence-corrected chi connectivity index (χ1v) is 10.5. The second-order valence-corrected chi connectivity index (χ2v) is 7.86. The molecule has 0 aliphatic carbocycles. The van der Waals surface area contributed by atoms with Gasteiger partial charge in [0, 0.05) is 73.9 Å². The summed E-state index contributed by atoms with van der Waals surface area (Å²) in [5.41, 5.74) is 9.83. The highest BCUT2D eigenvalue weighted by atomic mass is 16.2. The average molecular weight is 405 g/mol. The van der Waals surface area contributed by atoms with E-state index < -0.39 is 0 Å². The fourth-order valence-corrected chi connectivity index (χ4v) is 4.11. The zero-order chi connectivity index (χ0) is 21.1. The molecular weight excluding hydrogens is 376 g/mol. The molecule has 3 aromatic rings. The van der Waals surface area contributed by atoms with Crippen molar-refractivity contribution in [2.24, 2.45) is 0 Å². The molecule has 30 heavy (non-hydrogen) atoms. The fourth-order valence-electron chi connectivity index (χ4n) is 4.11. The van der Waals surface area contributed by atoms with Crippen LogP contribution in [0.1, 0.15) is 42.9 Å². The maximum absolute atomic E-state index is 12.8. The summed E-state index contributed by atoms with van der Waals surface area (Å²) < 4.78 is 2.07.